The number of thioether (sulfide) groups is 1. The fourth-order valence-electron chi connectivity index (χ4n) is 3.19. The van der Waals surface area contributed by atoms with E-state index in [4.69, 9.17) is 31.2 Å². The summed E-state index contributed by atoms with van der Waals surface area (Å²) >= 11 is 7.77. The number of carbonyl (C=O) groups is 1. The van der Waals surface area contributed by atoms with Gasteiger partial charge in [0.05, 0.1) is 17.7 Å². The molecule has 1 amide bonds. The normalized spacial score (nSPS) is 16.5. The quantitative estimate of drug-likeness (QED) is 0.402. The maximum atomic E-state index is 12.6. The maximum Gasteiger partial charge on any atom is 0.283 e. The molecule has 2 aliphatic heterocycles. The van der Waals surface area contributed by atoms with Crippen molar-refractivity contribution >= 4 is 51.4 Å². The van der Waals surface area contributed by atoms with Crippen molar-refractivity contribution in [1.82, 2.24) is 5.01 Å². The van der Waals surface area contributed by atoms with E-state index >= 15 is 0 Å². The molecule has 2 aromatic carbocycles. The van der Waals surface area contributed by atoms with Crippen LogP contribution in [-0.4, -0.2) is 47.3 Å². The van der Waals surface area contributed by atoms with Crippen LogP contribution in [0, 0.1) is 11.3 Å². The molecule has 0 saturated carbocycles. The molecule has 0 radical (unpaired) electrons. The van der Waals surface area contributed by atoms with E-state index in [1.165, 1.54) is 23.9 Å². The number of hydrazone groups is 1. The van der Waals surface area contributed by atoms with Gasteiger partial charge in [-0.1, -0.05) is 43.6 Å². The Bertz CT molecular complexity index is 1210. The molecule has 10 heteroatoms. The van der Waals surface area contributed by atoms with Crippen molar-refractivity contribution in [1.29, 1.82) is 5.41 Å². The summed E-state index contributed by atoms with van der Waals surface area (Å²) in [6.07, 6.45) is 1.55. The van der Waals surface area contributed by atoms with Crippen LogP contribution in [0.1, 0.15) is 19.4 Å². The zero-order chi connectivity index (χ0) is 24.2. The molecular formula is C24H23ClN4O4S. The van der Waals surface area contributed by atoms with Crippen LogP contribution in [0.2, 0.25) is 5.02 Å². The molecule has 0 spiro atoms. The van der Waals surface area contributed by atoms with Gasteiger partial charge in [0.1, 0.15) is 24.0 Å². The molecule has 34 heavy (non-hydrogen) atoms. The number of methoxy groups -OCH3 is 1. The molecule has 8 nitrogen and oxygen atoms in total. The van der Waals surface area contributed by atoms with Crippen LogP contribution >= 0.6 is 23.4 Å². The smallest absolute Gasteiger partial charge is 0.283 e. The van der Waals surface area contributed by atoms with Crippen LogP contribution < -0.4 is 14.2 Å². The molecule has 2 heterocycles. The summed E-state index contributed by atoms with van der Waals surface area (Å²) < 4.78 is 16.9. The SMILES string of the molecule is COc1cc(C=C2C(=N)N3N=C(C(C)C)SC3=NC2=O)cc(Cl)c1OCCOc1ccccc1. The highest BCUT2D eigenvalue weighted by Crippen LogP contribution is 2.38. The van der Waals surface area contributed by atoms with E-state index < -0.39 is 5.91 Å². The van der Waals surface area contributed by atoms with Crippen molar-refractivity contribution in [3.05, 3.63) is 58.6 Å². The number of ether oxygens (including phenoxy) is 3. The molecule has 0 saturated heterocycles. The molecule has 0 aromatic heterocycles. The Morgan fingerprint density at radius 3 is 2.62 bits per heavy atom. The fraction of sp³-hybridized carbons (Fsp3) is 0.250. The number of fused-ring (bicyclic) bond motifs is 1. The Balaban J connectivity index is 1.51. The number of nitrogens with zero attached hydrogens (tertiary/aromatic N) is 3. The topological polar surface area (TPSA) is 96.6 Å². The first-order valence-electron chi connectivity index (χ1n) is 10.6. The van der Waals surface area contributed by atoms with E-state index in [1.54, 1.807) is 18.2 Å². The summed E-state index contributed by atoms with van der Waals surface area (Å²) in [7, 11) is 1.50. The van der Waals surface area contributed by atoms with Gasteiger partial charge in [0.15, 0.2) is 17.3 Å². The minimum Gasteiger partial charge on any atom is -0.493 e. The van der Waals surface area contributed by atoms with E-state index in [-0.39, 0.29) is 23.9 Å². The largest absolute Gasteiger partial charge is 0.493 e. The van der Waals surface area contributed by atoms with Crippen LogP contribution in [0.15, 0.2) is 58.1 Å². The van der Waals surface area contributed by atoms with Crippen molar-refractivity contribution in [2.45, 2.75) is 13.8 Å². The van der Waals surface area contributed by atoms with Gasteiger partial charge < -0.3 is 14.2 Å². The number of nitrogens with one attached hydrogen (secondary N) is 1. The summed E-state index contributed by atoms with van der Waals surface area (Å²) in [4.78, 5) is 16.7. The first kappa shape index (κ1) is 23.8. The Morgan fingerprint density at radius 2 is 1.91 bits per heavy atom. The highest BCUT2D eigenvalue weighted by Gasteiger charge is 2.36. The number of para-hydroxylation sites is 1. The molecule has 176 valence electrons. The van der Waals surface area contributed by atoms with Gasteiger partial charge in [0.25, 0.3) is 5.91 Å². The number of rotatable bonds is 8. The number of amidine groups is 2. The van der Waals surface area contributed by atoms with Crippen LogP contribution in [0.5, 0.6) is 17.2 Å². The van der Waals surface area contributed by atoms with Gasteiger partial charge in [-0.15, -0.1) is 0 Å². The van der Waals surface area contributed by atoms with Gasteiger partial charge in [-0.05, 0) is 47.7 Å². The third kappa shape index (κ3) is 5.10. The fourth-order valence-corrected chi connectivity index (χ4v) is 4.36. The van der Waals surface area contributed by atoms with Crippen LogP contribution in [-0.2, 0) is 4.79 Å². The van der Waals surface area contributed by atoms with Crippen LogP contribution in [0.4, 0.5) is 0 Å². The molecule has 0 aliphatic carbocycles. The Kier molecular flexibility index (Phi) is 7.23. The second-order valence-corrected chi connectivity index (χ2v) is 9.05. The van der Waals surface area contributed by atoms with Gasteiger partial charge in [-0.3, -0.25) is 10.2 Å². The van der Waals surface area contributed by atoms with Crippen molar-refractivity contribution < 1.29 is 19.0 Å². The lowest BCUT2D eigenvalue weighted by Gasteiger charge is -2.20. The average molecular weight is 499 g/mol. The van der Waals surface area contributed by atoms with Crippen LogP contribution in [0.25, 0.3) is 6.08 Å². The summed E-state index contributed by atoms with van der Waals surface area (Å²) in [5, 5.41) is 15.8. The summed E-state index contributed by atoms with van der Waals surface area (Å²) in [5.41, 5.74) is 0.683. The van der Waals surface area contributed by atoms with Crippen LogP contribution in [0.3, 0.4) is 0 Å². The van der Waals surface area contributed by atoms with Gasteiger partial charge >= 0.3 is 0 Å². The number of benzene rings is 2. The first-order valence-corrected chi connectivity index (χ1v) is 11.7. The zero-order valence-corrected chi connectivity index (χ0v) is 20.4. The van der Waals surface area contributed by atoms with Gasteiger partial charge in [-0.2, -0.15) is 15.1 Å². The van der Waals surface area contributed by atoms with E-state index in [0.717, 1.165) is 10.8 Å². The number of aliphatic imine (C=N–C) groups is 1. The number of halogens is 1. The second kappa shape index (κ2) is 10.3. The monoisotopic (exact) mass is 498 g/mol. The number of hydrogen-bond acceptors (Lipinski definition) is 7. The summed E-state index contributed by atoms with van der Waals surface area (Å²) in [6.45, 7) is 4.58. The third-order valence-corrected chi connectivity index (χ3v) is 6.36. The number of hydrogen-bond donors (Lipinski definition) is 1. The molecule has 4 rings (SSSR count). The number of carbonyl (C=O) groups excluding carboxylic acids is 1. The molecule has 2 aromatic rings. The van der Waals surface area contributed by atoms with E-state index in [0.29, 0.717) is 33.9 Å². The van der Waals surface area contributed by atoms with Gasteiger partial charge in [0, 0.05) is 5.92 Å². The predicted molar refractivity (Wildman–Crippen MR) is 135 cm³/mol. The number of amides is 1. The summed E-state index contributed by atoms with van der Waals surface area (Å²) in [5.74, 6) is 1.15. The predicted octanol–water partition coefficient (Wildman–Crippen LogP) is 5.08. The van der Waals surface area contributed by atoms with Crippen molar-refractivity contribution in [3.8, 4) is 17.2 Å². The molecule has 0 unspecified atom stereocenters. The van der Waals surface area contributed by atoms with Crippen molar-refractivity contribution in [2.75, 3.05) is 20.3 Å². The Hall–Kier alpha value is -3.30. The molecule has 0 atom stereocenters. The van der Waals surface area contributed by atoms with E-state index in [2.05, 4.69) is 10.1 Å². The van der Waals surface area contributed by atoms with Crippen molar-refractivity contribution in [2.24, 2.45) is 16.0 Å². The standard InChI is InChI=1S/C24H23ClN4O4S/c1-14(2)23-28-29-21(26)17(22(30)27-24(29)34-23)11-15-12-18(25)20(19(13-15)31-3)33-10-9-32-16-7-5-4-6-8-16/h4-8,11-14,26H,9-10H2,1-3H3. The Morgan fingerprint density at radius 1 is 1.18 bits per heavy atom. The highest BCUT2D eigenvalue weighted by molar-refractivity contribution is 8.27. The zero-order valence-electron chi connectivity index (χ0n) is 18.9. The second-order valence-electron chi connectivity index (χ2n) is 7.66. The third-order valence-electron chi connectivity index (χ3n) is 4.87. The lowest BCUT2D eigenvalue weighted by atomic mass is 10.1. The highest BCUT2D eigenvalue weighted by atomic mass is 35.5. The molecule has 0 fully saturated rings. The first-order chi connectivity index (χ1) is 16.4. The van der Waals surface area contributed by atoms with Crippen molar-refractivity contribution in [3.63, 3.8) is 0 Å². The summed E-state index contributed by atoms with van der Waals surface area (Å²) in [6, 6.07) is 12.8. The maximum absolute atomic E-state index is 12.6. The van der Waals surface area contributed by atoms with Gasteiger partial charge in [0.2, 0.25) is 5.17 Å². The van der Waals surface area contributed by atoms with E-state index in [9.17, 15) is 4.79 Å². The lowest BCUT2D eigenvalue weighted by Crippen LogP contribution is -2.35. The minimum absolute atomic E-state index is 0.0355. The van der Waals surface area contributed by atoms with Gasteiger partial charge in [-0.25, -0.2) is 0 Å². The lowest BCUT2D eigenvalue weighted by molar-refractivity contribution is -0.114. The Labute approximate surface area is 206 Å². The molecular weight excluding hydrogens is 476 g/mol. The molecule has 0 bridgehead atoms. The molecule has 1 N–H and O–H groups in total. The van der Waals surface area contributed by atoms with E-state index in [1.807, 2.05) is 44.2 Å². The molecule has 2 aliphatic rings. The average Bonchev–Trinajstić information content (AvgIpc) is 3.25. The minimum atomic E-state index is -0.502.